The SMILES string of the molecule is Nc1ccc(-c2cn(C3CC(O)C(CO)O3)c(=O)[nH]c2=O)cc1. The number of aromatic nitrogens is 2. The first-order valence-corrected chi connectivity index (χ1v) is 7.15. The van der Waals surface area contributed by atoms with Crippen LogP contribution in [0.2, 0.25) is 0 Å². The third-order valence-electron chi connectivity index (χ3n) is 3.88. The van der Waals surface area contributed by atoms with E-state index in [0.717, 1.165) is 0 Å². The van der Waals surface area contributed by atoms with Gasteiger partial charge in [-0.3, -0.25) is 14.3 Å². The predicted octanol–water partition coefficient (Wildman–Crippen LogP) is -0.574. The smallest absolute Gasteiger partial charge is 0.330 e. The standard InChI is InChI=1S/C15H17N3O5/c16-9-3-1-8(2-4-9)10-6-18(15(22)17-14(10)21)13-5-11(20)12(7-19)23-13/h1-4,6,11-13,19-20H,5,7,16H2,(H,17,21,22). The van der Waals surface area contributed by atoms with E-state index in [1.54, 1.807) is 24.3 Å². The second kappa shape index (κ2) is 5.99. The third kappa shape index (κ3) is 2.91. The second-order valence-electron chi connectivity index (χ2n) is 5.45. The minimum Gasteiger partial charge on any atom is -0.399 e. The Morgan fingerprint density at radius 2 is 2.00 bits per heavy atom. The molecule has 0 bridgehead atoms. The number of hydrogen-bond acceptors (Lipinski definition) is 6. The Balaban J connectivity index is 2.03. The summed E-state index contributed by atoms with van der Waals surface area (Å²) < 4.78 is 6.67. The third-order valence-corrected chi connectivity index (χ3v) is 3.88. The van der Waals surface area contributed by atoms with Crippen molar-refractivity contribution in [2.24, 2.45) is 0 Å². The van der Waals surface area contributed by atoms with Gasteiger partial charge in [0.25, 0.3) is 5.56 Å². The van der Waals surface area contributed by atoms with Crippen molar-refractivity contribution in [3.05, 3.63) is 51.3 Å². The number of nitrogens with one attached hydrogen (secondary N) is 1. The van der Waals surface area contributed by atoms with Gasteiger partial charge in [0.05, 0.1) is 18.3 Å². The molecule has 1 aliphatic heterocycles. The van der Waals surface area contributed by atoms with Crippen molar-refractivity contribution in [2.45, 2.75) is 24.9 Å². The van der Waals surface area contributed by atoms with E-state index in [-0.39, 0.29) is 18.6 Å². The summed E-state index contributed by atoms with van der Waals surface area (Å²) in [6, 6.07) is 6.66. The van der Waals surface area contributed by atoms with Crippen LogP contribution in [0, 0.1) is 0 Å². The number of benzene rings is 1. The molecule has 0 spiro atoms. The van der Waals surface area contributed by atoms with E-state index in [1.165, 1.54) is 10.8 Å². The first-order chi connectivity index (χ1) is 11.0. The van der Waals surface area contributed by atoms with E-state index >= 15 is 0 Å². The van der Waals surface area contributed by atoms with Crippen LogP contribution in [0.25, 0.3) is 11.1 Å². The molecule has 0 saturated carbocycles. The number of aliphatic hydroxyl groups excluding tert-OH is 2. The molecule has 3 atom stereocenters. The highest BCUT2D eigenvalue weighted by molar-refractivity contribution is 5.63. The number of hydrogen-bond donors (Lipinski definition) is 4. The molecule has 0 amide bonds. The largest absolute Gasteiger partial charge is 0.399 e. The van der Waals surface area contributed by atoms with Gasteiger partial charge in [-0.25, -0.2) is 4.79 Å². The van der Waals surface area contributed by atoms with Gasteiger partial charge in [-0.1, -0.05) is 12.1 Å². The van der Waals surface area contributed by atoms with Crippen LogP contribution in [0.4, 0.5) is 5.69 Å². The van der Waals surface area contributed by atoms with Crippen LogP contribution in [0.5, 0.6) is 0 Å². The van der Waals surface area contributed by atoms with Crippen molar-refractivity contribution in [1.29, 1.82) is 0 Å². The summed E-state index contributed by atoms with van der Waals surface area (Å²) in [7, 11) is 0. The van der Waals surface area contributed by atoms with Crippen molar-refractivity contribution in [3.8, 4) is 11.1 Å². The molecule has 2 aromatic rings. The maximum atomic E-state index is 12.0. The molecule has 1 aromatic carbocycles. The van der Waals surface area contributed by atoms with E-state index in [9.17, 15) is 14.7 Å². The summed E-state index contributed by atoms with van der Waals surface area (Å²) in [5.74, 6) is 0. The molecular weight excluding hydrogens is 302 g/mol. The number of H-pyrrole nitrogens is 1. The fourth-order valence-electron chi connectivity index (χ4n) is 2.62. The number of rotatable bonds is 3. The maximum absolute atomic E-state index is 12.0. The summed E-state index contributed by atoms with van der Waals surface area (Å²) in [5.41, 5.74) is 5.93. The van der Waals surface area contributed by atoms with Gasteiger partial charge in [0.2, 0.25) is 0 Å². The monoisotopic (exact) mass is 319 g/mol. The molecule has 8 heteroatoms. The first-order valence-electron chi connectivity index (χ1n) is 7.15. The molecule has 122 valence electrons. The zero-order valence-electron chi connectivity index (χ0n) is 12.2. The predicted molar refractivity (Wildman–Crippen MR) is 82.8 cm³/mol. The lowest BCUT2D eigenvalue weighted by Gasteiger charge is -2.15. The number of aromatic amines is 1. The summed E-state index contributed by atoms with van der Waals surface area (Å²) in [4.78, 5) is 26.3. The van der Waals surface area contributed by atoms with Crippen molar-refractivity contribution < 1.29 is 14.9 Å². The highest BCUT2D eigenvalue weighted by atomic mass is 16.5. The fourth-order valence-corrected chi connectivity index (χ4v) is 2.62. The molecule has 1 fully saturated rings. The summed E-state index contributed by atoms with van der Waals surface area (Å²) in [5, 5.41) is 18.9. The highest BCUT2D eigenvalue weighted by Crippen LogP contribution is 2.28. The molecule has 1 aliphatic rings. The summed E-state index contributed by atoms with van der Waals surface area (Å²) in [6.07, 6.45) is -0.830. The molecule has 1 saturated heterocycles. The van der Waals surface area contributed by atoms with Crippen LogP contribution in [0.1, 0.15) is 12.6 Å². The topological polar surface area (TPSA) is 131 Å². The van der Waals surface area contributed by atoms with E-state index < -0.39 is 29.7 Å². The Morgan fingerprint density at radius 1 is 1.30 bits per heavy atom. The number of ether oxygens (including phenoxy) is 1. The normalized spacial score (nSPS) is 24.0. The fraction of sp³-hybridized carbons (Fsp3) is 0.333. The molecule has 1 aromatic heterocycles. The van der Waals surface area contributed by atoms with Crippen LogP contribution in [0.15, 0.2) is 40.1 Å². The van der Waals surface area contributed by atoms with Crippen molar-refractivity contribution in [2.75, 3.05) is 12.3 Å². The molecule has 2 heterocycles. The van der Waals surface area contributed by atoms with Gasteiger partial charge in [-0.15, -0.1) is 0 Å². The van der Waals surface area contributed by atoms with Gasteiger partial charge in [0.15, 0.2) is 0 Å². The molecule has 0 aliphatic carbocycles. The minimum atomic E-state index is -0.871. The number of nitrogens with two attached hydrogens (primary N) is 1. The van der Waals surface area contributed by atoms with Crippen LogP contribution in [-0.2, 0) is 4.74 Å². The first kappa shape index (κ1) is 15.5. The minimum absolute atomic E-state index is 0.151. The van der Waals surface area contributed by atoms with E-state index in [4.69, 9.17) is 15.6 Å². The Morgan fingerprint density at radius 3 is 2.61 bits per heavy atom. The number of nitrogens with zero attached hydrogens (tertiary/aromatic N) is 1. The average Bonchev–Trinajstić information content (AvgIpc) is 2.89. The highest BCUT2D eigenvalue weighted by Gasteiger charge is 2.35. The quantitative estimate of drug-likeness (QED) is 0.560. The van der Waals surface area contributed by atoms with E-state index in [2.05, 4.69) is 4.98 Å². The number of nitrogen functional groups attached to an aromatic ring is 1. The molecule has 0 radical (unpaired) electrons. The second-order valence-corrected chi connectivity index (χ2v) is 5.45. The molecular formula is C15H17N3O5. The van der Waals surface area contributed by atoms with Gasteiger partial charge in [0.1, 0.15) is 12.3 Å². The summed E-state index contributed by atoms with van der Waals surface area (Å²) in [6.45, 7) is -0.347. The Hall–Kier alpha value is -2.42. The molecule has 3 unspecified atom stereocenters. The zero-order valence-corrected chi connectivity index (χ0v) is 12.2. The van der Waals surface area contributed by atoms with Crippen LogP contribution in [0.3, 0.4) is 0 Å². The van der Waals surface area contributed by atoms with E-state index in [1.807, 2.05) is 0 Å². The lowest BCUT2D eigenvalue weighted by atomic mass is 10.1. The Kier molecular flexibility index (Phi) is 4.03. The van der Waals surface area contributed by atoms with Crippen LogP contribution < -0.4 is 17.0 Å². The summed E-state index contributed by atoms with van der Waals surface area (Å²) >= 11 is 0. The number of aliphatic hydroxyl groups is 2. The van der Waals surface area contributed by atoms with Gasteiger partial charge in [-0.05, 0) is 17.7 Å². The van der Waals surface area contributed by atoms with Crippen molar-refractivity contribution >= 4 is 5.69 Å². The van der Waals surface area contributed by atoms with Crippen LogP contribution in [-0.4, -0.2) is 38.6 Å². The maximum Gasteiger partial charge on any atom is 0.330 e. The van der Waals surface area contributed by atoms with Gasteiger partial charge >= 0.3 is 5.69 Å². The van der Waals surface area contributed by atoms with Gasteiger partial charge in [-0.2, -0.15) is 0 Å². The average molecular weight is 319 g/mol. The lowest BCUT2D eigenvalue weighted by Crippen LogP contribution is -2.33. The van der Waals surface area contributed by atoms with Crippen LogP contribution >= 0.6 is 0 Å². The van der Waals surface area contributed by atoms with Crippen molar-refractivity contribution in [1.82, 2.24) is 9.55 Å². The molecule has 8 nitrogen and oxygen atoms in total. The Bertz CT molecular complexity index is 811. The van der Waals surface area contributed by atoms with Gasteiger partial charge in [0, 0.05) is 18.3 Å². The van der Waals surface area contributed by atoms with Gasteiger partial charge < -0.3 is 20.7 Å². The van der Waals surface area contributed by atoms with E-state index in [0.29, 0.717) is 11.3 Å². The molecule has 3 rings (SSSR count). The molecule has 23 heavy (non-hydrogen) atoms. The zero-order chi connectivity index (χ0) is 16.6. The Labute approximate surface area is 130 Å². The molecule has 5 N–H and O–H groups in total. The number of anilines is 1. The van der Waals surface area contributed by atoms with Crippen molar-refractivity contribution in [3.63, 3.8) is 0 Å². The lowest BCUT2D eigenvalue weighted by molar-refractivity contribution is -0.0458.